The summed E-state index contributed by atoms with van der Waals surface area (Å²) in [5.41, 5.74) is -0.661. The molecule has 6 N–H and O–H groups in total. The van der Waals surface area contributed by atoms with Crippen LogP contribution in [0.5, 0.6) is 23.0 Å². The molecule has 1 aliphatic heterocycles. The van der Waals surface area contributed by atoms with Crippen molar-refractivity contribution in [2.45, 2.75) is 37.6 Å². The van der Waals surface area contributed by atoms with Gasteiger partial charge in [-0.1, -0.05) is 0 Å². The van der Waals surface area contributed by atoms with E-state index < -0.39 is 47.6 Å². The maximum atomic E-state index is 13.2. The van der Waals surface area contributed by atoms with E-state index in [0.29, 0.717) is 5.56 Å². The molecule has 1 aromatic heterocycles. The van der Waals surface area contributed by atoms with Crippen molar-refractivity contribution in [2.24, 2.45) is 0 Å². The van der Waals surface area contributed by atoms with E-state index in [4.69, 9.17) is 13.9 Å². The molecule has 1 fully saturated rings. The molecule has 10 heteroatoms. The molecule has 0 saturated carbocycles. The molecule has 0 radical (unpaired) electrons. The summed E-state index contributed by atoms with van der Waals surface area (Å²) in [4.78, 5) is 13.2. The Morgan fingerprint density at radius 2 is 1.58 bits per heavy atom. The number of aliphatic hydroxyl groups is 3. The SMILES string of the molecule is C[C@H]1O[C@@H](Oc2c(-c3ccc(O)cc3)oc3cc(O)cc(O)c3c2=O)[C@@H](O)[C@@H](O)[C@@H]1O. The molecule has 3 aromatic rings. The second-order valence-electron chi connectivity index (χ2n) is 7.27. The van der Waals surface area contributed by atoms with Crippen LogP contribution in [0.4, 0.5) is 0 Å². The van der Waals surface area contributed by atoms with Crippen molar-refractivity contribution in [3.05, 3.63) is 46.6 Å². The lowest BCUT2D eigenvalue weighted by atomic mass is 10.00. The summed E-state index contributed by atoms with van der Waals surface area (Å²) in [5, 5.41) is 59.4. The Kier molecular flexibility index (Phi) is 5.23. The molecule has 2 aromatic carbocycles. The summed E-state index contributed by atoms with van der Waals surface area (Å²) < 4.78 is 16.8. The Morgan fingerprint density at radius 1 is 0.903 bits per heavy atom. The van der Waals surface area contributed by atoms with E-state index in [1.165, 1.54) is 31.2 Å². The summed E-state index contributed by atoms with van der Waals surface area (Å²) >= 11 is 0. The Hall–Kier alpha value is -3.31. The number of phenolic OH excluding ortho intramolecular Hbond substituents is 3. The third-order valence-corrected chi connectivity index (χ3v) is 5.09. The highest BCUT2D eigenvalue weighted by Crippen LogP contribution is 2.37. The van der Waals surface area contributed by atoms with Crippen LogP contribution in [0.2, 0.25) is 0 Å². The molecular weight excluding hydrogens is 412 g/mol. The van der Waals surface area contributed by atoms with Crippen molar-refractivity contribution in [3.8, 4) is 34.3 Å². The number of hydrogen-bond acceptors (Lipinski definition) is 10. The van der Waals surface area contributed by atoms with Crippen molar-refractivity contribution in [1.29, 1.82) is 0 Å². The first kappa shape index (κ1) is 20.9. The molecule has 1 aliphatic rings. The van der Waals surface area contributed by atoms with Crippen molar-refractivity contribution < 1.29 is 44.5 Å². The van der Waals surface area contributed by atoms with Gasteiger partial charge in [-0.15, -0.1) is 0 Å². The average Bonchev–Trinajstić information content (AvgIpc) is 2.72. The van der Waals surface area contributed by atoms with Crippen molar-refractivity contribution in [2.75, 3.05) is 0 Å². The lowest BCUT2D eigenvalue weighted by Gasteiger charge is -2.38. The highest BCUT2D eigenvalue weighted by Gasteiger charge is 2.44. The smallest absolute Gasteiger partial charge is 0.239 e. The molecule has 4 rings (SSSR count). The second kappa shape index (κ2) is 7.75. The molecule has 164 valence electrons. The molecule has 2 heterocycles. The average molecular weight is 432 g/mol. The van der Waals surface area contributed by atoms with E-state index in [9.17, 15) is 35.4 Å². The third-order valence-electron chi connectivity index (χ3n) is 5.09. The second-order valence-corrected chi connectivity index (χ2v) is 7.27. The van der Waals surface area contributed by atoms with Crippen molar-refractivity contribution in [1.82, 2.24) is 0 Å². The zero-order valence-corrected chi connectivity index (χ0v) is 16.2. The largest absolute Gasteiger partial charge is 0.508 e. The molecule has 0 unspecified atom stereocenters. The summed E-state index contributed by atoms with van der Waals surface area (Å²) in [6.07, 6.45) is -7.11. The first-order chi connectivity index (χ1) is 14.7. The summed E-state index contributed by atoms with van der Waals surface area (Å²) in [5.74, 6) is -1.51. The van der Waals surface area contributed by atoms with Gasteiger partial charge in [-0.3, -0.25) is 4.79 Å². The van der Waals surface area contributed by atoms with Gasteiger partial charge in [0.1, 0.15) is 46.5 Å². The number of phenols is 3. The molecule has 0 amide bonds. The Balaban J connectivity index is 1.90. The van der Waals surface area contributed by atoms with Crippen LogP contribution in [-0.2, 0) is 4.74 Å². The predicted octanol–water partition coefficient (Wildman–Crippen LogP) is 0.783. The lowest BCUT2D eigenvalue weighted by Crippen LogP contribution is -2.58. The topological polar surface area (TPSA) is 170 Å². The highest BCUT2D eigenvalue weighted by atomic mass is 16.7. The highest BCUT2D eigenvalue weighted by molar-refractivity contribution is 5.88. The summed E-state index contributed by atoms with van der Waals surface area (Å²) in [7, 11) is 0. The third kappa shape index (κ3) is 3.66. The number of ether oxygens (including phenoxy) is 2. The molecule has 31 heavy (non-hydrogen) atoms. The Labute approximate surface area is 174 Å². The number of aliphatic hydroxyl groups excluding tert-OH is 3. The van der Waals surface area contributed by atoms with Crippen molar-refractivity contribution >= 4 is 11.0 Å². The fraction of sp³-hybridized carbons (Fsp3) is 0.286. The minimum Gasteiger partial charge on any atom is -0.508 e. The van der Waals surface area contributed by atoms with Gasteiger partial charge in [0.05, 0.1) is 6.10 Å². The maximum Gasteiger partial charge on any atom is 0.239 e. The van der Waals surface area contributed by atoms with Crippen LogP contribution in [-0.4, -0.2) is 61.3 Å². The van der Waals surface area contributed by atoms with Gasteiger partial charge in [-0.2, -0.15) is 0 Å². The minimum absolute atomic E-state index is 0.0402. The van der Waals surface area contributed by atoms with Crippen LogP contribution in [0.25, 0.3) is 22.3 Å². The fourth-order valence-corrected chi connectivity index (χ4v) is 3.41. The van der Waals surface area contributed by atoms with E-state index in [2.05, 4.69) is 0 Å². The maximum absolute atomic E-state index is 13.2. The fourth-order valence-electron chi connectivity index (χ4n) is 3.41. The Morgan fingerprint density at radius 3 is 2.26 bits per heavy atom. The van der Waals surface area contributed by atoms with Crippen LogP contribution < -0.4 is 10.2 Å². The predicted molar refractivity (Wildman–Crippen MR) is 106 cm³/mol. The molecule has 1 saturated heterocycles. The minimum atomic E-state index is -1.69. The van der Waals surface area contributed by atoms with Gasteiger partial charge in [0.25, 0.3) is 0 Å². The van der Waals surface area contributed by atoms with E-state index >= 15 is 0 Å². The van der Waals surface area contributed by atoms with Crippen molar-refractivity contribution in [3.63, 3.8) is 0 Å². The van der Waals surface area contributed by atoms with Gasteiger partial charge in [0, 0.05) is 17.7 Å². The Bertz CT molecular complexity index is 1170. The lowest BCUT2D eigenvalue weighted by molar-refractivity contribution is -0.268. The van der Waals surface area contributed by atoms with Crippen LogP contribution in [0, 0.1) is 0 Å². The van der Waals surface area contributed by atoms with Gasteiger partial charge in [0.2, 0.25) is 17.5 Å². The monoisotopic (exact) mass is 432 g/mol. The number of aromatic hydroxyl groups is 3. The molecule has 0 aliphatic carbocycles. The number of fused-ring (bicyclic) bond motifs is 1. The zero-order chi connectivity index (χ0) is 22.4. The van der Waals surface area contributed by atoms with Gasteiger partial charge in [-0.25, -0.2) is 0 Å². The number of rotatable bonds is 3. The summed E-state index contributed by atoms with van der Waals surface area (Å²) in [6.45, 7) is 1.45. The van der Waals surface area contributed by atoms with E-state index in [1.54, 1.807) is 0 Å². The van der Waals surface area contributed by atoms with E-state index in [0.717, 1.165) is 12.1 Å². The number of hydrogen-bond donors (Lipinski definition) is 6. The molecule has 5 atom stereocenters. The van der Waals surface area contributed by atoms with Gasteiger partial charge < -0.3 is 44.5 Å². The van der Waals surface area contributed by atoms with E-state index in [1.807, 2.05) is 0 Å². The zero-order valence-electron chi connectivity index (χ0n) is 16.2. The summed E-state index contributed by atoms with van der Waals surface area (Å²) in [6, 6.07) is 7.66. The van der Waals surface area contributed by atoms with E-state index in [-0.39, 0.29) is 28.2 Å². The van der Waals surface area contributed by atoms with Crippen LogP contribution in [0.3, 0.4) is 0 Å². The van der Waals surface area contributed by atoms with Crippen LogP contribution in [0.1, 0.15) is 6.92 Å². The first-order valence-electron chi connectivity index (χ1n) is 9.36. The van der Waals surface area contributed by atoms with Crippen LogP contribution in [0.15, 0.2) is 45.6 Å². The molecule has 0 bridgehead atoms. The standard InChI is InChI=1S/C21H20O10/c1-8-15(25)17(27)18(28)21(29-8)31-20-16(26)14-12(24)6-11(23)7-13(14)30-19(20)9-2-4-10(22)5-3-9/h2-8,15,17-18,21-25,27-28H,1H3/t8-,15-,17+,18+,21+/m1/s1. The van der Waals surface area contributed by atoms with Gasteiger partial charge in [-0.05, 0) is 31.2 Å². The van der Waals surface area contributed by atoms with Crippen LogP contribution >= 0.6 is 0 Å². The normalized spacial score (nSPS) is 26.1. The van der Waals surface area contributed by atoms with Gasteiger partial charge >= 0.3 is 0 Å². The molecule has 0 spiro atoms. The first-order valence-corrected chi connectivity index (χ1v) is 9.36. The number of benzene rings is 2. The quantitative estimate of drug-likeness (QED) is 0.348. The van der Waals surface area contributed by atoms with Gasteiger partial charge in [0.15, 0.2) is 5.76 Å². The molecule has 10 nitrogen and oxygen atoms in total. The molecular formula is C21H20O10.